The molecule has 1 atom stereocenters. The lowest BCUT2D eigenvalue weighted by Crippen LogP contribution is -2.15. The molecule has 0 aromatic carbocycles. The van der Waals surface area contributed by atoms with E-state index in [0.717, 1.165) is 5.69 Å². The smallest absolute Gasteiger partial charge is 0.390 e. The minimum absolute atomic E-state index is 0.268. The highest BCUT2D eigenvalue weighted by Crippen LogP contribution is 2.38. The topological polar surface area (TPSA) is 80.3 Å². The van der Waals surface area contributed by atoms with Crippen LogP contribution in [0.15, 0.2) is 49.2 Å². The Hall–Kier alpha value is -3.11. The van der Waals surface area contributed by atoms with Gasteiger partial charge in [0.15, 0.2) is 11.0 Å². The van der Waals surface area contributed by atoms with Crippen molar-refractivity contribution in [1.82, 2.24) is 23.9 Å². The number of fused-ring (bicyclic) bond motifs is 1. The molecule has 2 N–H and O–H groups in total. The third-order valence-electron chi connectivity index (χ3n) is 4.40. The minimum Gasteiger partial charge on any atom is -0.390 e. The monoisotopic (exact) mass is 436 g/mol. The summed E-state index contributed by atoms with van der Waals surface area (Å²) in [6.45, 7) is 1.54. The van der Waals surface area contributed by atoms with Crippen molar-refractivity contribution >= 4 is 28.8 Å². The Kier molecular flexibility index (Phi) is 5.12. The van der Waals surface area contributed by atoms with Crippen LogP contribution in [0, 0.1) is 6.92 Å². The van der Waals surface area contributed by atoms with E-state index in [2.05, 4.69) is 20.3 Å². The molecule has 11 heteroatoms. The predicted octanol–water partition coefficient (Wildman–Crippen LogP) is 4.30. The minimum atomic E-state index is -4.60. The zero-order chi connectivity index (χ0) is 21.5. The highest BCUT2D eigenvalue weighted by Gasteiger charge is 2.41. The fourth-order valence-corrected chi connectivity index (χ4v) is 3.13. The van der Waals surface area contributed by atoms with Gasteiger partial charge in [-0.1, -0.05) is 0 Å². The molecule has 0 saturated heterocycles. The SMILES string of the molecule is Cc1cn(-c2ccc(Nc3cccn4cc(C(Cl)C(F)(F)F)nc34)nc2CO)cn1. The number of aryl methyl sites for hydroxylation is 1. The van der Waals surface area contributed by atoms with Crippen LogP contribution in [0.25, 0.3) is 11.3 Å². The van der Waals surface area contributed by atoms with E-state index >= 15 is 0 Å². The van der Waals surface area contributed by atoms with Crippen molar-refractivity contribution < 1.29 is 18.3 Å². The summed E-state index contributed by atoms with van der Waals surface area (Å²) < 4.78 is 42.0. The van der Waals surface area contributed by atoms with E-state index in [1.165, 1.54) is 10.6 Å². The number of aliphatic hydroxyl groups excluding tert-OH is 1. The summed E-state index contributed by atoms with van der Waals surface area (Å²) in [5.41, 5.74) is 2.31. The number of hydrogen-bond acceptors (Lipinski definition) is 5. The first-order valence-electron chi connectivity index (χ1n) is 8.83. The molecule has 0 bridgehead atoms. The average Bonchev–Trinajstić information content (AvgIpc) is 3.33. The summed E-state index contributed by atoms with van der Waals surface area (Å²) in [7, 11) is 0. The second-order valence-electron chi connectivity index (χ2n) is 6.59. The van der Waals surface area contributed by atoms with E-state index in [4.69, 9.17) is 11.6 Å². The summed E-state index contributed by atoms with van der Waals surface area (Å²) >= 11 is 5.51. The van der Waals surface area contributed by atoms with Gasteiger partial charge in [-0.3, -0.25) is 0 Å². The molecular formula is C19H16ClF3N6O. The Morgan fingerprint density at radius 3 is 2.67 bits per heavy atom. The predicted molar refractivity (Wildman–Crippen MR) is 105 cm³/mol. The molecule has 0 aliphatic rings. The molecule has 0 saturated carbocycles. The molecule has 156 valence electrons. The third-order valence-corrected chi connectivity index (χ3v) is 4.87. The van der Waals surface area contributed by atoms with E-state index in [-0.39, 0.29) is 17.9 Å². The second-order valence-corrected chi connectivity index (χ2v) is 7.03. The normalized spacial score (nSPS) is 13.0. The zero-order valence-electron chi connectivity index (χ0n) is 15.6. The van der Waals surface area contributed by atoms with Crippen LogP contribution in [0.4, 0.5) is 24.7 Å². The zero-order valence-corrected chi connectivity index (χ0v) is 16.4. The van der Waals surface area contributed by atoms with Gasteiger partial charge in [-0.2, -0.15) is 13.2 Å². The molecule has 4 rings (SSSR count). The summed E-state index contributed by atoms with van der Waals surface area (Å²) in [4.78, 5) is 12.6. The van der Waals surface area contributed by atoms with Gasteiger partial charge in [0.1, 0.15) is 5.82 Å². The highest BCUT2D eigenvalue weighted by molar-refractivity contribution is 6.21. The van der Waals surface area contributed by atoms with Crippen LogP contribution < -0.4 is 5.32 Å². The number of pyridine rings is 2. The molecule has 0 aliphatic heterocycles. The molecule has 0 fully saturated rings. The first kappa shape index (κ1) is 20.2. The van der Waals surface area contributed by atoms with Gasteiger partial charge in [0.05, 0.1) is 41.4 Å². The van der Waals surface area contributed by atoms with Gasteiger partial charge in [0.2, 0.25) is 0 Å². The van der Waals surface area contributed by atoms with Gasteiger partial charge < -0.3 is 19.4 Å². The first-order valence-corrected chi connectivity index (χ1v) is 9.27. The van der Waals surface area contributed by atoms with Gasteiger partial charge in [-0.05, 0) is 31.2 Å². The number of rotatable bonds is 5. The van der Waals surface area contributed by atoms with Gasteiger partial charge in [0, 0.05) is 18.6 Å². The average molecular weight is 437 g/mol. The van der Waals surface area contributed by atoms with Crippen molar-refractivity contribution in [2.75, 3.05) is 5.32 Å². The fourth-order valence-electron chi connectivity index (χ4n) is 3.03. The summed E-state index contributed by atoms with van der Waals surface area (Å²) in [6, 6.07) is 6.78. The van der Waals surface area contributed by atoms with Gasteiger partial charge in [-0.25, -0.2) is 15.0 Å². The molecule has 0 spiro atoms. The first-order chi connectivity index (χ1) is 14.3. The van der Waals surface area contributed by atoms with Crippen LogP contribution in [0.2, 0.25) is 0 Å². The van der Waals surface area contributed by atoms with Gasteiger partial charge in [0.25, 0.3) is 0 Å². The Balaban J connectivity index is 1.68. The van der Waals surface area contributed by atoms with Crippen molar-refractivity contribution in [3.8, 4) is 5.69 Å². The number of hydrogen-bond donors (Lipinski definition) is 2. The van der Waals surface area contributed by atoms with Crippen LogP contribution in [-0.4, -0.2) is 35.2 Å². The quantitative estimate of drug-likeness (QED) is 0.456. The van der Waals surface area contributed by atoms with Crippen LogP contribution >= 0.6 is 11.6 Å². The molecule has 0 amide bonds. The molecule has 4 heterocycles. The Labute approximate surface area is 173 Å². The molecule has 0 aliphatic carbocycles. The van der Waals surface area contributed by atoms with Gasteiger partial charge >= 0.3 is 6.18 Å². The lowest BCUT2D eigenvalue weighted by molar-refractivity contribution is -0.132. The number of anilines is 2. The highest BCUT2D eigenvalue weighted by atomic mass is 35.5. The lowest BCUT2D eigenvalue weighted by atomic mass is 10.3. The van der Waals surface area contributed by atoms with E-state index < -0.39 is 11.6 Å². The maximum Gasteiger partial charge on any atom is 0.410 e. The van der Waals surface area contributed by atoms with Crippen LogP contribution in [-0.2, 0) is 6.61 Å². The van der Waals surface area contributed by atoms with Crippen molar-refractivity contribution in [2.24, 2.45) is 0 Å². The molecule has 1 unspecified atom stereocenters. The van der Waals surface area contributed by atoms with Crippen molar-refractivity contribution in [3.63, 3.8) is 0 Å². The molecule has 30 heavy (non-hydrogen) atoms. The number of aliphatic hydroxyl groups is 1. The number of nitrogens with zero attached hydrogens (tertiary/aromatic N) is 5. The number of halogens is 4. The van der Waals surface area contributed by atoms with E-state index in [0.29, 0.717) is 22.9 Å². The van der Waals surface area contributed by atoms with E-state index in [9.17, 15) is 18.3 Å². The Morgan fingerprint density at radius 1 is 1.20 bits per heavy atom. The van der Waals surface area contributed by atoms with Gasteiger partial charge in [-0.15, -0.1) is 11.6 Å². The third kappa shape index (κ3) is 3.83. The second kappa shape index (κ2) is 7.62. The molecule has 4 aromatic heterocycles. The van der Waals surface area contributed by atoms with Crippen LogP contribution in [0.5, 0.6) is 0 Å². The number of imidazole rings is 2. The number of nitrogens with one attached hydrogen (secondary N) is 1. The maximum absolute atomic E-state index is 12.9. The maximum atomic E-state index is 12.9. The van der Waals surface area contributed by atoms with Crippen molar-refractivity contribution in [1.29, 1.82) is 0 Å². The molecular weight excluding hydrogens is 421 g/mol. The lowest BCUT2D eigenvalue weighted by Gasteiger charge is -2.12. The van der Waals surface area contributed by atoms with Crippen molar-refractivity contribution in [2.45, 2.75) is 25.1 Å². The number of alkyl halides is 4. The number of aromatic nitrogens is 5. The largest absolute Gasteiger partial charge is 0.410 e. The Morgan fingerprint density at radius 2 is 2.00 bits per heavy atom. The van der Waals surface area contributed by atoms with Crippen LogP contribution in [0.1, 0.15) is 22.5 Å². The summed E-state index contributed by atoms with van der Waals surface area (Å²) in [5, 5.41) is 10.6. The molecule has 7 nitrogen and oxygen atoms in total. The molecule has 0 radical (unpaired) electrons. The van der Waals surface area contributed by atoms with E-state index in [1.54, 1.807) is 47.6 Å². The Bertz CT molecular complexity index is 1200. The standard InChI is InChI=1S/C19H16ClF3N6O/c1-11-7-29(10-24-11)15-4-5-16(26-14(15)9-30)25-12-3-2-6-28-8-13(27-18(12)28)17(20)19(21,22)23/h2-8,10,17,30H,9H2,1H3,(H,25,26). The summed E-state index contributed by atoms with van der Waals surface area (Å²) in [6.07, 6.45) is 1.64. The van der Waals surface area contributed by atoms with Crippen LogP contribution in [0.3, 0.4) is 0 Å². The molecule has 4 aromatic rings. The summed E-state index contributed by atoms with van der Waals surface area (Å²) in [5.74, 6) is 0.399. The van der Waals surface area contributed by atoms with E-state index in [1.807, 2.05) is 6.92 Å². The fraction of sp³-hybridized carbons (Fsp3) is 0.211. The van der Waals surface area contributed by atoms with Crippen molar-refractivity contribution in [3.05, 3.63) is 66.3 Å².